The molecule has 2 aliphatic rings. The summed E-state index contributed by atoms with van der Waals surface area (Å²) in [6.07, 6.45) is 3.83. The Kier molecular flexibility index (Phi) is 10.6. The van der Waals surface area contributed by atoms with Crippen LogP contribution in [0.3, 0.4) is 0 Å². The van der Waals surface area contributed by atoms with Crippen molar-refractivity contribution in [2.75, 3.05) is 19.8 Å². The molecule has 2 atom stereocenters. The molecule has 10 heteroatoms. The number of aliphatic hydroxyl groups excluding tert-OH is 1. The molecule has 0 aromatic heterocycles. The molecule has 0 radical (unpaired) electrons. The Bertz CT molecular complexity index is 1800. The number of carbonyl (C=O) groups is 1. The number of ether oxygens (including phenoxy) is 2. The van der Waals surface area contributed by atoms with Crippen molar-refractivity contribution < 1.29 is 24.5 Å². The smallest absolute Gasteiger partial charge is 0.252 e. The van der Waals surface area contributed by atoms with E-state index < -0.39 is 23.2 Å². The summed E-state index contributed by atoms with van der Waals surface area (Å²) in [5, 5.41) is 27.5. The summed E-state index contributed by atoms with van der Waals surface area (Å²) >= 11 is 0. The van der Waals surface area contributed by atoms with Crippen LogP contribution in [0.5, 0.6) is 5.75 Å². The molecule has 10 nitrogen and oxygen atoms in total. The molecule has 0 unspecified atom stereocenters. The Morgan fingerprint density at radius 3 is 2.31 bits per heavy atom. The van der Waals surface area contributed by atoms with Gasteiger partial charge in [0, 0.05) is 42.2 Å². The molecule has 6 rings (SSSR count). The van der Waals surface area contributed by atoms with E-state index in [2.05, 4.69) is 15.3 Å². The van der Waals surface area contributed by atoms with Crippen LogP contribution >= 0.6 is 0 Å². The van der Waals surface area contributed by atoms with Crippen LogP contribution in [0.15, 0.2) is 113 Å². The Balaban J connectivity index is 1.43. The summed E-state index contributed by atoms with van der Waals surface area (Å²) in [4.78, 5) is 22.9. The average molecular weight is 660 g/mol. The molecule has 4 aromatic carbocycles. The molecule has 3 N–H and O–H groups in total. The average Bonchev–Trinajstić information content (AvgIpc) is 3.53. The molecule has 4 aromatic rings. The minimum Gasteiger partial charge on any atom is -0.494 e. The molecular formula is C39H41N5O5. The molecule has 1 saturated carbocycles. The topological polar surface area (TPSA) is 149 Å². The SMILES string of the molecule is [N-]=[N+]=Nc1ccccc1C[C@@]1(C(=O)NCC2(O)CCCCC2)N=C(c2ccc(OCCCO)cc2)O[C@@H]1c1ccc(-c2ccccc2)cc1. The number of hydrogen-bond donors (Lipinski definition) is 3. The van der Waals surface area contributed by atoms with Crippen molar-refractivity contribution in [3.8, 4) is 16.9 Å². The number of azide groups is 1. The van der Waals surface area contributed by atoms with Crippen molar-refractivity contribution in [2.24, 2.45) is 10.1 Å². The zero-order valence-electron chi connectivity index (χ0n) is 27.4. The highest BCUT2D eigenvalue weighted by Crippen LogP contribution is 2.44. The zero-order chi connectivity index (χ0) is 34.1. The van der Waals surface area contributed by atoms with Gasteiger partial charge in [0.15, 0.2) is 11.6 Å². The molecule has 0 spiro atoms. The highest BCUT2D eigenvalue weighted by atomic mass is 16.5. The second kappa shape index (κ2) is 15.4. The van der Waals surface area contributed by atoms with Gasteiger partial charge >= 0.3 is 0 Å². The predicted octanol–water partition coefficient (Wildman–Crippen LogP) is 7.37. The van der Waals surface area contributed by atoms with E-state index >= 15 is 0 Å². The minimum absolute atomic E-state index is 0.0425. The quantitative estimate of drug-likeness (QED) is 0.0593. The molecule has 1 heterocycles. The summed E-state index contributed by atoms with van der Waals surface area (Å²) in [6, 6.07) is 32.4. The van der Waals surface area contributed by atoms with E-state index in [1.807, 2.05) is 78.9 Å². The van der Waals surface area contributed by atoms with Crippen LogP contribution in [0.25, 0.3) is 21.6 Å². The molecule has 0 bridgehead atoms. The molecule has 252 valence electrons. The maximum absolute atomic E-state index is 14.7. The van der Waals surface area contributed by atoms with Crippen molar-refractivity contribution in [2.45, 2.75) is 62.2 Å². The van der Waals surface area contributed by atoms with Crippen LogP contribution in [-0.4, -0.2) is 52.9 Å². The third-order valence-corrected chi connectivity index (χ3v) is 9.32. The highest BCUT2D eigenvalue weighted by molar-refractivity contribution is 6.01. The summed E-state index contributed by atoms with van der Waals surface area (Å²) < 4.78 is 12.4. The van der Waals surface area contributed by atoms with E-state index in [4.69, 9.17) is 19.6 Å². The molecule has 1 amide bonds. The monoisotopic (exact) mass is 659 g/mol. The third-order valence-electron chi connectivity index (χ3n) is 9.32. The van der Waals surface area contributed by atoms with Gasteiger partial charge < -0.3 is 25.0 Å². The maximum Gasteiger partial charge on any atom is 0.252 e. The molecule has 0 saturated heterocycles. The molecule has 49 heavy (non-hydrogen) atoms. The van der Waals surface area contributed by atoms with Gasteiger partial charge in [-0.3, -0.25) is 4.79 Å². The van der Waals surface area contributed by atoms with Crippen LogP contribution in [0.1, 0.15) is 61.3 Å². The first-order valence-corrected chi connectivity index (χ1v) is 16.8. The summed E-state index contributed by atoms with van der Waals surface area (Å²) in [5.74, 6) is 0.530. The van der Waals surface area contributed by atoms with E-state index in [9.17, 15) is 15.4 Å². The van der Waals surface area contributed by atoms with Gasteiger partial charge in [-0.05, 0) is 64.9 Å². The van der Waals surface area contributed by atoms with Gasteiger partial charge in [-0.15, -0.1) is 0 Å². The van der Waals surface area contributed by atoms with Gasteiger partial charge in [0.1, 0.15) is 5.75 Å². The molecule has 1 aliphatic carbocycles. The van der Waals surface area contributed by atoms with Crippen LogP contribution in [0, 0.1) is 0 Å². The second-order valence-corrected chi connectivity index (χ2v) is 12.7. The van der Waals surface area contributed by atoms with Crippen LogP contribution in [-0.2, 0) is 16.0 Å². The lowest BCUT2D eigenvalue weighted by Crippen LogP contribution is -2.54. The summed E-state index contributed by atoms with van der Waals surface area (Å²) in [5.41, 5.74) is 11.3. The number of hydrogen-bond acceptors (Lipinski definition) is 7. The van der Waals surface area contributed by atoms with Crippen molar-refractivity contribution >= 4 is 17.5 Å². The largest absolute Gasteiger partial charge is 0.494 e. The third kappa shape index (κ3) is 7.78. The van der Waals surface area contributed by atoms with Crippen molar-refractivity contribution in [3.63, 3.8) is 0 Å². The van der Waals surface area contributed by atoms with E-state index in [-0.39, 0.29) is 25.5 Å². The molecule has 1 aliphatic heterocycles. The number of carbonyl (C=O) groups excluding carboxylic acids is 1. The van der Waals surface area contributed by atoms with Crippen molar-refractivity contribution in [3.05, 3.63) is 130 Å². The number of nitrogens with zero attached hydrogens (tertiary/aromatic N) is 4. The van der Waals surface area contributed by atoms with E-state index in [0.717, 1.165) is 36.0 Å². The maximum atomic E-state index is 14.7. The number of aliphatic hydroxyl groups is 2. The second-order valence-electron chi connectivity index (χ2n) is 12.7. The van der Waals surface area contributed by atoms with Crippen LogP contribution < -0.4 is 10.1 Å². The fourth-order valence-corrected chi connectivity index (χ4v) is 6.64. The van der Waals surface area contributed by atoms with Crippen molar-refractivity contribution in [1.82, 2.24) is 5.32 Å². The highest BCUT2D eigenvalue weighted by Gasteiger charge is 2.54. The van der Waals surface area contributed by atoms with Gasteiger partial charge in [0.25, 0.3) is 5.91 Å². The van der Waals surface area contributed by atoms with Gasteiger partial charge in [-0.2, -0.15) is 0 Å². The van der Waals surface area contributed by atoms with Gasteiger partial charge in [0.05, 0.1) is 12.2 Å². The fraction of sp³-hybridized carbons (Fsp3) is 0.333. The number of benzene rings is 4. The first kappa shape index (κ1) is 33.7. The molecule has 1 fully saturated rings. The Labute approximate surface area is 286 Å². The van der Waals surface area contributed by atoms with Gasteiger partial charge in [-0.1, -0.05) is 103 Å². The Hall–Kier alpha value is -5.15. The Morgan fingerprint density at radius 1 is 0.918 bits per heavy atom. The summed E-state index contributed by atoms with van der Waals surface area (Å²) in [6.45, 7) is 0.519. The number of aliphatic imine (C=N–C) groups is 1. The lowest BCUT2D eigenvalue weighted by molar-refractivity contribution is -0.130. The number of rotatable bonds is 13. The predicted molar refractivity (Wildman–Crippen MR) is 189 cm³/mol. The standard InChI is InChI=1S/C39H41N5O5/c40-44-43-34-13-6-5-12-32(34)26-39(37(46)41-27-38(47)22-7-2-8-23-38)35(30-16-14-29(15-17-30)28-10-3-1-4-11-28)49-36(42-39)31-18-20-33(21-19-31)48-25-9-24-45/h1,3-6,10-21,35,45,47H,2,7-9,22-27H2,(H,41,46)/t35-,39-/m1/s1. The van der Waals surface area contributed by atoms with E-state index in [1.54, 1.807) is 24.3 Å². The number of nitrogens with one attached hydrogen (secondary N) is 1. The number of amides is 1. The zero-order valence-corrected chi connectivity index (χ0v) is 27.4. The minimum atomic E-state index is -1.52. The normalized spacial score (nSPS) is 19.6. The summed E-state index contributed by atoms with van der Waals surface area (Å²) in [7, 11) is 0. The van der Waals surface area contributed by atoms with E-state index in [0.29, 0.717) is 48.4 Å². The van der Waals surface area contributed by atoms with Gasteiger partial charge in [-0.25, -0.2) is 4.99 Å². The van der Waals surface area contributed by atoms with Gasteiger partial charge in [0.2, 0.25) is 5.90 Å². The first-order chi connectivity index (χ1) is 23.9. The lowest BCUT2D eigenvalue weighted by Gasteiger charge is -2.35. The first-order valence-electron chi connectivity index (χ1n) is 16.8. The van der Waals surface area contributed by atoms with Crippen molar-refractivity contribution in [1.29, 1.82) is 0 Å². The molecular weight excluding hydrogens is 618 g/mol. The van der Waals surface area contributed by atoms with E-state index in [1.165, 1.54) is 0 Å². The fourth-order valence-electron chi connectivity index (χ4n) is 6.64. The Morgan fingerprint density at radius 2 is 1.59 bits per heavy atom. The van der Waals surface area contributed by atoms with Crippen LogP contribution in [0.4, 0.5) is 5.69 Å². The lowest BCUT2D eigenvalue weighted by atomic mass is 9.80. The van der Waals surface area contributed by atoms with Crippen LogP contribution in [0.2, 0.25) is 0 Å².